The van der Waals surface area contributed by atoms with Crippen LogP contribution in [0.1, 0.15) is 0 Å². The molecule has 0 atom stereocenters. The molecule has 0 saturated heterocycles. The molecule has 2 N–H and O–H groups in total. The molecule has 1 amide bonds. The van der Waals surface area contributed by atoms with Gasteiger partial charge in [0.1, 0.15) is 12.3 Å². The van der Waals surface area contributed by atoms with E-state index in [0.717, 1.165) is 7.11 Å². The van der Waals surface area contributed by atoms with Crippen molar-refractivity contribution in [2.45, 2.75) is 4.90 Å². The van der Waals surface area contributed by atoms with Crippen LogP contribution in [0.4, 0.5) is 5.69 Å². The zero-order valence-electron chi connectivity index (χ0n) is 10.5. The molecule has 1 aromatic rings. The van der Waals surface area contributed by atoms with E-state index in [2.05, 4.69) is 14.8 Å². The Bertz CT molecular complexity index is 655. The molecule has 8 nitrogen and oxygen atoms in total. The number of methoxy groups -OCH3 is 1. The minimum absolute atomic E-state index is 0.0917. The van der Waals surface area contributed by atoms with Crippen LogP contribution in [0.5, 0.6) is 5.75 Å². The number of nitrogens with one attached hydrogen (secondary N) is 2. The number of benzene rings is 1. The Kier molecular flexibility index (Phi) is 3.91. The maximum atomic E-state index is 11.9. The van der Waals surface area contributed by atoms with E-state index in [0.29, 0.717) is 5.75 Å². The molecular weight excluding hydrogens is 288 g/mol. The average Bonchev–Trinajstić information content (AvgIpc) is 2.44. The van der Waals surface area contributed by atoms with Gasteiger partial charge < -0.3 is 14.8 Å². The third-order valence-corrected chi connectivity index (χ3v) is 3.93. The number of sulfonamides is 1. The van der Waals surface area contributed by atoms with Gasteiger partial charge in [0.2, 0.25) is 10.0 Å². The lowest BCUT2D eigenvalue weighted by Gasteiger charge is -2.18. The van der Waals surface area contributed by atoms with Gasteiger partial charge in [0.25, 0.3) is 5.91 Å². The van der Waals surface area contributed by atoms with Crippen LogP contribution in [0, 0.1) is 0 Å². The first-order valence-electron chi connectivity index (χ1n) is 5.55. The Balaban J connectivity index is 2.22. The number of anilines is 1. The number of ether oxygens (including phenoxy) is 2. The normalized spacial score (nSPS) is 13.9. The second-order valence-electron chi connectivity index (χ2n) is 3.90. The Morgan fingerprint density at radius 3 is 2.95 bits per heavy atom. The summed E-state index contributed by atoms with van der Waals surface area (Å²) < 4.78 is 35.4. The third kappa shape index (κ3) is 3.06. The van der Waals surface area contributed by atoms with Gasteiger partial charge in [0.15, 0.2) is 6.61 Å². The molecular formula is C11H12N2O6S. The van der Waals surface area contributed by atoms with Crippen molar-refractivity contribution in [3.05, 3.63) is 18.2 Å². The Hall–Kier alpha value is -2.13. The lowest BCUT2D eigenvalue weighted by Crippen LogP contribution is -2.30. The molecule has 1 aliphatic rings. The van der Waals surface area contributed by atoms with Gasteiger partial charge in [-0.3, -0.25) is 9.59 Å². The predicted molar refractivity (Wildman–Crippen MR) is 67.8 cm³/mol. The van der Waals surface area contributed by atoms with Crippen molar-refractivity contribution in [2.24, 2.45) is 0 Å². The van der Waals surface area contributed by atoms with Gasteiger partial charge in [-0.15, -0.1) is 0 Å². The van der Waals surface area contributed by atoms with Crippen LogP contribution < -0.4 is 14.8 Å². The summed E-state index contributed by atoms with van der Waals surface area (Å²) in [4.78, 5) is 22.0. The van der Waals surface area contributed by atoms with E-state index in [9.17, 15) is 18.0 Å². The topological polar surface area (TPSA) is 111 Å². The number of carbonyl (C=O) groups is 2. The fourth-order valence-corrected chi connectivity index (χ4v) is 2.53. The third-order valence-electron chi connectivity index (χ3n) is 2.53. The number of hydrogen-bond donors (Lipinski definition) is 2. The number of carbonyl (C=O) groups excluding carboxylic acids is 2. The van der Waals surface area contributed by atoms with Gasteiger partial charge in [-0.2, -0.15) is 4.72 Å². The van der Waals surface area contributed by atoms with Crippen molar-refractivity contribution in [1.29, 1.82) is 0 Å². The Morgan fingerprint density at radius 2 is 2.25 bits per heavy atom. The first kappa shape index (κ1) is 14.3. The van der Waals surface area contributed by atoms with Crippen molar-refractivity contribution in [1.82, 2.24) is 4.72 Å². The van der Waals surface area contributed by atoms with Crippen LogP contribution in [-0.4, -0.2) is 40.6 Å². The highest BCUT2D eigenvalue weighted by atomic mass is 32.2. The number of rotatable bonds is 4. The summed E-state index contributed by atoms with van der Waals surface area (Å²) in [5.41, 5.74) is 0.266. The molecule has 0 aliphatic carbocycles. The molecule has 0 aromatic heterocycles. The highest BCUT2D eigenvalue weighted by Gasteiger charge is 2.21. The standard InChI is InChI=1S/C11H12N2O6S/c1-18-11(15)5-12-20(16,17)7-2-3-9-8(4-7)13-10(14)6-19-9/h2-4,12H,5-6H2,1H3,(H,13,14). The number of fused-ring (bicyclic) bond motifs is 1. The Labute approximate surface area is 115 Å². The summed E-state index contributed by atoms with van der Waals surface area (Å²) in [7, 11) is -2.72. The lowest BCUT2D eigenvalue weighted by atomic mass is 10.2. The zero-order valence-corrected chi connectivity index (χ0v) is 11.3. The van der Waals surface area contributed by atoms with Gasteiger partial charge in [0.05, 0.1) is 17.7 Å². The average molecular weight is 300 g/mol. The van der Waals surface area contributed by atoms with Crippen LogP contribution in [0.2, 0.25) is 0 Å². The van der Waals surface area contributed by atoms with Crippen LogP contribution in [-0.2, 0) is 24.3 Å². The van der Waals surface area contributed by atoms with Crippen LogP contribution in [0.25, 0.3) is 0 Å². The summed E-state index contributed by atoms with van der Waals surface area (Å²) in [5, 5.41) is 2.50. The van der Waals surface area contributed by atoms with Crippen molar-refractivity contribution in [3.8, 4) is 5.75 Å². The van der Waals surface area contributed by atoms with Crippen LogP contribution >= 0.6 is 0 Å². The molecule has 20 heavy (non-hydrogen) atoms. The predicted octanol–water partition coefficient (Wildman–Crippen LogP) is -0.531. The molecule has 0 saturated carbocycles. The summed E-state index contributed by atoms with van der Waals surface area (Å²) >= 11 is 0. The maximum absolute atomic E-state index is 11.9. The molecule has 1 heterocycles. The van der Waals surface area contributed by atoms with Crippen LogP contribution in [0.3, 0.4) is 0 Å². The summed E-state index contributed by atoms with van der Waals surface area (Å²) in [6.45, 7) is -0.585. The minimum atomic E-state index is -3.87. The number of amides is 1. The smallest absolute Gasteiger partial charge is 0.320 e. The molecule has 108 valence electrons. The largest absolute Gasteiger partial charge is 0.482 e. The number of hydrogen-bond acceptors (Lipinski definition) is 6. The zero-order chi connectivity index (χ0) is 14.8. The van der Waals surface area contributed by atoms with Gasteiger partial charge >= 0.3 is 5.97 Å². The van der Waals surface area contributed by atoms with E-state index in [1.54, 1.807) is 0 Å². The molecule has 1 aliphatic heterocycles. The fourth-order valence-electron chi connectivity index (χ4n) is 1.54. The van der Waals surface area contributed by atoms with Crippen molar-refractivity contribution >= 4 is 27.6 Å². The first-order valence-corrected chi connectivity index (χ1v) is 7.04. The second kappa shape index (κ2) is 5.47. The molecule has 0 radical (unpaired) electrons. The van der Waals surface area contributed by atoms with Gasteiger partial charge in [-0.25, -0.2) is 8.42 Å². The quantitative estimate of drug-likeness (QED) is 0.723. The van der Waals surface area contributed by atoms with Crippen molar-refractivity contribution in [3.63, 3.8) is 0 Å². The van der Waals surface area contributed by atoms with Crippen molar-refractivity contribution < 1.29 is 27.5 Å². The lowest BCUT2D eigenvalue weighted by molar-refractivity contribution is -0.139. The maximum Gasteiger partial charge on any atom is 0.320 e. The molecule has 9 heteroatoms. The minimum Gasteiger partial charge on any atom is -0.482 e. The SMILES string of the molecule is COC(=O)CNS(=O)(=O)c1ccc2c(c1)NC(=O)CO2. The van der Waals surface area contributed by atoms with E-state index < -0.39 is 22.5 Å². The number of esters is 1. The molecule has 0 bridgehead atoms. The second-order valence-corrected chi connectivity index (χ2v) is 5.66. The molecule has 0 unspecified atom stereocenters. The fraction of sp³-hybridized carbons (Fsp3) is 0.273. The van der Waals surface area contributed by atoms with E-state index in [1.165, 1.54) is 18.2 Å². The highest BCUT2D eigenvalue weighted by Crippen LogP contribution is 2.29. The molecule has 1 aromatic carbocycles. The van der Waals surface area contributed by atoms with E-state index in [4.69, 9.17) is 4.74 Å². The molecule has 2 rings (SSSR count). The van der Waals surface area contributed by atoms with E-state index >= 15 is 0 Å². The first-order chi connectivity index (χ1) is 9.42. The summed E-state index contributed by atoms with van der Waals surface area (Å²) in [6.07, 6.45) is 0. The molecule has 0 fully saturated rings. The Morgan fingerprint density at radius 1 is 1.50 bits per heavy atom. The summed E-state index contributed by atoms with van der Waals surface area (Å²) in [5.74, 6) is -0.686. The molecule has 0 spiro atoms. The van der Waals surface area contributed by atoms with Gasteiger partial charge in [-0.1, -0.05) is 0 Å². The summed E-state index contributed by atoms with van der Waals surface area (Å²) in [6, 6.07) is 4.00. The monoisotopic (exact) mass is 300 g/mol. The van der Waals surface area contributed by atoms with E-state index in [1.807, 2.05) is 0 Å². The van der Waals surface area contributed by atoms with Crippen LogP contribution in [0.15, 0.2) is 23.1 Å². The van der Waals surface area contributed by atoms with Crippen molar-refractivity contribution in [2.75, 3.05) is 25.6 Å². The van der Waals surface area contributed by atoms with Gasteiger partial charge in [-0.05, 0) is 18.2 Å². The van der Waals surface area contributed by atoms with Gasteiger partial charge in [0, 0.05) is 0 Å². The van der Waals surface area contributed by atoms with E-state index in [-0.39, 0.29) is 23.1 Å². The highest BCUT2D eigenvalue weighted by molar-refractivity contribution is 7.89.